The van der Waals surface area contributed by atoms with Crippen LogP contribution in [-0.4, -0.2) is 11.5 Å². The van der Waals surface area contributed by atoms with Crippen LogP contribution < -0.4 is 10.1 Å². The van der Waals surface area contributed by atoms with Crippen LogP contribution in [-0.2, 0) is 4.79 Å². The van der Waals surface area contributed by atoms with Crippen LogP contribution >= 0.6 is 11.6 Å². The lowest BCUT2D eigenvalue weighted by molar-refractivity contribution is -0.117. The predicted molar refractivity (Wildman–Crippen MR) is 102 cm³/mol. The number of amides is 1. The Morgan fingerprint density at radius 3 is 2.80 bits per heavy atom. The Labute approximate surface area is 153 Å². The molecule has 1 N–H and O–H groups in total. The molecule has 2 aromatic rings. The number of ether oxygens (including phenoxy) is 1. The summed E-state index contributed by atoms with van der Waals surface area (Å²) in [7, 11) is 0. The average Bonchev–Trinajstić information content (AvgIpc) is 2.54. The highest BCUT2D eigenvalue weighted by Gasteiger charge is 2.34. The summed E-state index contributed by atoms with van der Waals surface area (Å²) in [4.78, 5) is 12.4. The quantitative estimate of drug-likeness (QED) is 0.779. The maximum atomic E-state index is 12.4. The van der Waals surface area contributed by atoms with Gasteiger partial charge in [0.1, 0.15) is 11.4 Å². The Bertz CT molecular complexity index is 826. The van der Waals surface area contributed by atoms with E-state index in [9.17, 15) is 4.79 Å². The van der Waals surface area contributed by atoms with E-state index in [-0.39, 0.29) is 17.6 Å². The van der Waals surface area contributed by atoms with Gasteiger partial charge in [-0.1, -0.05) is 47.5 Å². The normalized spacial score (nSPS) is 18.5. The smallest absolute Gasteiger partial charge is 0.244 e. The number of fused-ring (bicyclic) bond motifs is 1. The largest absolute Gasteiger partial charge is 0.487 e. The van der Waals surface area contributed by atoms with Crippen LogP contribution in [0.3, 0.4) is 0 Å². The van der Waals surface area contributed by atoms with Crippen molar-refractivity contribution in [3.8, 4) is 5.75 Å². The molecule has 0 radical (unpaired) electrons. The number of aryl methyl sites for hydroxylation is 1. The van der Waals surface area contributed by atoms with Gasteiger partial charge in [0, 0.05) is 23.1 Å². The highest BCUT2D eigenvalue weighted by molar-refractivity contribution is 6.32. The Morgan fingerprint density at radius 1 is 1.28 bits per heavy atom. The summed E-state index contributed by atoms with van der Waals surface area (Å²) >= 11 is 6.12. The highest BCUT2D eigenvalue weighted by atomic mass is 35.5. The van der Waals surface area contributed by atoms with Crippen LogP contribution in [0, 0.1) is 6.92 Å². The van der Waals surface area contributed by atoms with E-state index in [1.165, 1.54) is 6.08 Å². The SMILES string of the molecule is Cc1ccc2c(c1)[C@@H](NC(=O)/C=C/c1ccccc1Cl)CC(C)(C)O2. The molecule has 0 saturated heterocycles. The lowest BCUT2D eigenvalue weighted by Crippen LogP contribution is -2.41. The molecule has 25 heavy (non-hydrogen) atoms. The van der Waals surface area contributed by atoms with Gasteiger partial charge in [-0.15, -0.1) is 0 Å². The minimum atomic E-state index is -0.327. The number of benzene rings is 2. The standard InChI is InChI=1S/C21H22ClNO2/c1-14-8-10-19-16(12-14)18(13-21(2,3)25-19)23-20(24)11-9-15-6-4-5-7-17(15)22/h4-12,18H,13H2,1-3H3,(H,23,24)/b11-9+/t18-/m0/s1. The highest BCUT2D eigenvalue weighted by Crippen LogP contribution is 2.39. The van der Waals surface area contributed by atoms with Crippen molar-refractivity contribution in [2.45, 2.75) is 38.8 Å². The van der Waals surface area contributed by atoms with Crippen molar-refractivity contribution in [3.05, 3.63) is 70.3 Å². The van der Waals surface area contributed by atoms with Crippen LogP contribution in [0.1, 0.15) is 43.0 Å². The number of halogens is 1. The van der Waals surface area contributed by atoms with Gasteiger partial charge in [0.2, 0.25) is 5.91 Å². The Balaban J connectivity index is 1.79. The third-order valence-electron chi connectivity index (χ3n) is 4.26. The molecule has 1 aliphatic heterocycles. The van der Waals surface area contributed by atoms with Crippen molar-refractivity contribution in [2.75, 3.05) is 0 Å². The molecule has 0 spiro atoms. The molecule has 0 aromatic heterocycles. The van der Waals surface area contributed by atoms with Gasteiger partial charge in [0.05, 0.1) is 6.04 Å². The van der Waals surface area contributed by atoms with Crippen molar-refractivity contribution in [1.29, 1.82) is 0 Å². The molecule has 0 bridgehead atoms. The zero-order chi connectivity index (χ0) is 18.0. The molecule has 1 heterocycles. The number of carbonyl (C=O) groups excluding carboxylic acids is 1. The summed E-state index contributed by atoms with van der Waals surface area (Å²) in [6, 6.07) is 13.4. The second-order valence-corrected chi connectivity index (χ2v) is 7.43. The summed E-state index contributed by atoms with van der Waals surface area (Å²) < 4.78 is 6.04. The van der Waals surface area contributed by atoms with Crippen LogP contribution in [0.2, 0.25) is 5.02 Å². The lowest BCUT2D eigenvalue weighted by atomic mass is 9.89. The zero-order valence-corrected chi connectivity index (χ0v) is 15.4. The number of rotatable bonds is 3. The maximum absolute atomic E-state index is 12.4. The second kappa shape index (κ2) is 6.93. The van der Waals surface area contributed by atoms with E-state index in [1.807, 2.05) is 51.1 Å². The Hall–Kier alpha value is -2.26. The molecule has 130 valence electrons. The molecular formula is C21H22ClNO2. The third kappa shape index (κ3) is 4.23. The van der Waals surface area contributed by atoms with Crippen molar-refractivity contribution in [3.63, 3.8) is 0 Å². The van der Waals surface area contributed by atoms with Crippen molar-refractivity contribution < 1.29 is 9.53 Å². The Kier molecular flexibility index (Phi) is 4.87. The molecular weight excluding hydrogens is 334 g/mol. The maximum Gasteiger partial charge on any atom is 0.244 e. The van der Waals surface area contributed by atoms with Gasteiger partial charge < -0.3 is 10.1 Å². The summed E-state index contributed by atoms with van der Waals surface area (Å²) in [6.07, 6.45) is 3.98. The van der Waals surface area contributed by atoms with E-state index in [0.717, 1.165) is 28.9 Å². The molecule has 4 heteroatoms. The first-order valence-electron chi connectivity index (χ1n) is 8.37. The second-order valence-electron chi connectivity index (χ2n) is 7.02. The fraction of sp³-hybridized carbons (Fsp3) is 0.286. The van der Waals surface area contributed by atoms with Crippen molar-refractivity contribution in [1.82, 2.24) is 5.32 Å². The fourth-order valence-corrected chi connectivity index (χ4v) is 3.30. The Morgan fingerprint density at radius 2 is 2.04 bits per heavy atom. The predicted octanol–water partition coefficient (Wildman–Crippen LogP) is 5.08. The van der Waals surface area contributed by atoms with E-state index in [0.29, 0.717) is 5.02 Å². The van der Waals surface area contributed by atoms with Crippen LogP contribution in [0.4, 0.5) is 0 Å². The molecule has 1 amide bonds. The molecule has 0 fully saturated rings. The van der Waals surface area contributed by atoms with Crippen LogP contribution in [0.15, 0.2) is 48.5 Å². The molecule has 0 aliphatic carbocycles. The van der Waals surface area contributed by atoms with E-state index < -0.39 is 0 Å². The molecule has 0 saturated carbocycles. The lowest BCUT2D eigenvalue weighted by Gasteiger charge is -2.38. The molecule has 2 aromatic carbocycles. The van der Waals surface area contributed by atoms with Gasteiger partial charge in [0.25, 0.3) is 0 Å². The van der Waals surface area contributed by atoms with E-state index in [4.69, 9.17) is 16.3 Å². The summed E-state index contributed by atoms with van der Waals surface area (Å²) in [5.74, 6) is 0.692. The number of hydrogen-bond donors (Lipinski definition) is 1. The molecule has 1 atom stereocenters. The monoisotopic (exact) mass is 355 g/mol. The molecule has 0 unspecified atom stereocenters. The number of carbonyl (C=O) groups is 1. The minimum Gasteiger partial charge on any atom is -0.487 e. The summed E-state index contributed by atoms with van der Waals surface area (Å²) in [6.45, 7) is 6.11. The summed E-state index contributed by atoms with van der Waals surface area (Å²) in [5, 5.41) is 3.72. The zero-order valence-electron chi connectivity index (χ0n) is 14.7. The van der Waals surface area contributed by atoms with Gasteiger partial charge in [-0.05, 0) is 44.5 Å². The topological polar surface area (TPSA) is 38.3 Å². The van der Waals surface area contributed by atoms with E-state index >= 15 is 0 Å². The van der Waals surface area contributed by atoms with E-state index in [2.05, 4.69) is 11.4 Å². The van der Waals surface area contributed by atoms with Gasteiger partial charge >= 0.3 is 0 Å². The first-order chi connectivity index (χ1) is 11.8. The van der Waals surface area contributed by atoms with E-state index in [1.54, 1.807) is 12.1 Å². The van der Waals surface area contributed by atoms with Gasteiger partial charge in [-0.2, -0.15) is 0 Å². The van der Waals surface area contributed by atoms with Crippen molar-refractivity contribution >= 4 is 23.6 Å². The van der Waals surface area contributed by atoms with Gasteiger partial charge in [-0.25, -0.2) is 0 Å². The third-order valence-corrected chi connectivity index (χ3v) is 4.60. The first-order valence-corrected chi connectivity index (χ1v) is 8.74. The number of nitrogens with one attached hydrogen (secondary N) is 1. The molecule has 3 nitrogen and oxygen atoms in total. The minimum absolute atomic E-state index is 0.0814. The van der Waals surface area contributed by atoms with Crippen LogP contribution in [0.5, 0.6) is 5.75 Å². The number of hydrogen-bond acceptors (Lipinski definition) is 2. The van der Waals surface area contributed by atoms with Gasteiger partial charge in [0.15, 0.2) is 0 Å². The molecule has 1 aliphatic rings. The first kappa shape index (κ1) is 17.6. The van der Waals surface area contributed by atoms with Crippen molar-refractivity contribution in [2.24, 2.45) is 0 Å². The average molecular weight is 356 g/mol. The fourth-order valence-electron chi connectivity index (χ4n) is 3.10. The van der Waals surface area contributed by atoms with Gasteiger partial charge in [-0.3, -0.25) is 4.79 Å². The molecule has 3 rings (SSSR count). The van der Waals surface area contributed by atoms with Crippen LogP contribution in [0.25, 0.3) is 6.08 Å². The summed E-state index contributed by atoms with van der Waals surface area (Å²) in [5.41, 5.74) is 2.67.